The highest BCUT2D eigenvalue weighted by Crippen LogP contribution is 2.52. The molecule has 0 aliphatic heterocycles. The first-order chi connectivity index (χ1) is 13.5. The topological polar surface area (TPSA) is 0 Å². The van der Waals surface area contributed by atoms with Crippen molar-refractivity contribution in [3.05, 3.63) is 119 Å². The summed E-state index contributed by atoms with van der Waals surface area (Å²) in [6, 6.07) is 18.5. The van der Waals surface area contributed by atoms with Gasteiger partial charge in [-0.25, -0.2) is 13.2 Å². The van der Waals surface area contributed by atoms with Crippen molar-refractivity contribution in [2.24, 2.45) is 0 Å². The van der Waals surface area contributed by atoms with Crippen LogP contribution in [0.5, 0.6) is 0 Å². The lowest BCUT2D eigenvalue weighted by atomic mass is 9.76. The quantitative estimate of drug-likeness (QED) is 0.414. The van der Waals surface area contributed by atoms with Gasteiger partial charge in [-0.2, -0.15) is 0 Å². The van der Waals surface area contributed by atoms with Gasteiger partial charge in [0.1, 0.15) is 22.3 Å². The number of rotatable bonds is 3. The van der Waals surface area contributed by atoms with Crippen LogP contribution in [-0.2, 0) is 4.87 Å². The second-order valence-electron chi connectivity index (χ2n) is 6.64. The van der Waals surface area contributed by atoms with E-state index in [0.29, 0.717) is 11.1 Å². The summed E-state index contributed by atoms with van der Waals surface area (Å²) >= 11 is 7.04. The Labute approximate surface area is 166 Å². The molecule has 0 spiro atoms. The fourth-order valence-electron chi connectivity index (χ4n) is 3.69. The SMILES string of the molecule is Fc1ccccc1C1=C(c2ccccc2F)C(Cl)(c2ccccc2F)CC=C1. The molecule has 4 rings (SSSR count). The molecule has 0 amide bonds. The summed E-state index contributed by atoms with van der Waals surface area (Å²) in [5.41, 5.74) is 1.53. The maximum Gasteiger partial charge on any atom is 0.131 e. The standard InChI is InChI=1S/C24H16ClF3/c25-24(19-11-3-6-14-22(19)28)15-7-10-17(16-8-1-4-12-20(16)26)23(24)18-9-2-5-13-21(18)27/h1-14H,15H2. The fourth-order valence-corrected chi connectivity index (χ4v) is 4.14. The van der Waals surface area contributed by atoms with E-state index in [1.54, 1.807) is 66.7 Å². The number of allylic oxidation sites excluding steroid dienone is 4. The first-order valence-corrected chi connectivity index (χ1v) is 9.25. The first-order valence-electron chi connectivity index (χ1n) is 8.87. The molecule has 1 aliphatic carbocycles. The average Bonchev–Trinajstić information content (AvgIpc) is 2.69. The molecule has 1 aliphatic rings. The molecule has 0 heterocycles. The number of hydrogen-bond acceptors (Lipinski definition) is 0. The lowest BCUT2D eigenvalue weighted by Crippen LogP contribution is -2.25. The van der Waals surface area contributed by atoms with Crippen LogP contribution < -0.4 is 0 Å². The minimum atomic E-state index is -1.38. The highest BCUT2D eigenvalue weighted by atomic mass is 35.5. The molecule has 1 atom stereocenters. The minimum absolute atomic E-state index is 0.225. The monoisotopic (exact) mass is 396 g/mol. The van der Waals surface area contributed by atoms with E-state index in [4.69, 9.17) is 11.6 Å². The summed E-state index contributed by atoms with van der Waals surface area (Å²) in [5, 5.41) is 0. The predicted molar refractivity (Wildman–Crippen MR) is 107 cm³/mol. The highest BCUT2D eigenvalue weighted by Gasteiger charge is 2.40. The molecular formula is C24H16ClF3. The average molecular weight is 397 g/mol. The van der Waals surface area contributed by atoms with Crippen LogP contribution in [0.4, 0.5) is 13.2 Å². The normalized spacial score (nSPS) is 19.1. The third-order valence-electron chi connectivity index (χ3n) is 4.96. The summed E-state index contributed by atoms with van der Waals surface area (Å²) < 4.78 is 44.2. The van der Waals surface area contributed by atoms with Gasteiger partial charge in [-0.1, -0.05) is 66.7 Å². The van der Waals surface area contributed by atoms with Crippen LogP contribution in [0.25, 0.3) is 11.1 Å². The third-order valence-corrected chi connectivity index (χ3v) is 5.50. The summed E-state index contributed by atoms with van der Waals surface area (Å²) in [6.45, 7) is 0. The van der Waals surface area contributed by atoms with E-state index >= 15 is 0 Å². The van der Waals surface area contributed by atoms with Gasteiger partial charge in [0, 0.05) is 16.7 Å². The third kappa shape index (κ3) is 3.06. The van der Waals surface area contributed by atoms with Gasteiger partial charge >= 0.3 is 0 Å². The summed E-state index contributed by atoms with van der Waals surface area (Å²) in [7, 11) is 0. The van der Waals surface area contributed by atoms with Crippen molar-refractivity contribution in [1.82, 2.24) is 0 Å². The molecule has 28 heavy (non-hydrogen) atoms. The van der Waals surface area contributed by atoms with Crippen molar-refractivity contribution < 1.29 is 13.2 Å². The molecule has 140 valence electrons. The molecule has 0 bridgehead atoms. The molecule has 0 saturated carbocycles. The smallest absolute Gasteiger partial charge is 0.131 e. The Morgan fingerprint density at radius 1 is 0.679 bits per heavy atom. The lowest BCUT2D eigenvalue weighted by Gasteiger charge is -2.35. The number of benzene rings is 3. The van der Waals surface area contributed by atoms with Crippen molar-refractivity contribution in [3.63, 3.8) is 0 Å². The Bertz CT molecular complexity index is 1100. The summed E-state index contributed by atoms with van der Waals surface area (Å²) in [5.74, 6) is -1.44. The van der Waals surface area contributed by atoms with Crippen LogP contribution in [0, 0.1) is 17.5 Å². The maximum absolute atomic E-state index is 14.8. The molecule has 0 fully saturated rings. The van der Waals surface area contributed by atoms with Crippen LogP contribution >= 0.6 is 11.6 Å². The summed E-state index contributed by atoms with van der Waals surface area (Å²) in [4.78, 5) is -1.38. The van der Waals surface area contributed by atoms with Crippen molar-refractivity contribution in [2.75, 3.05) is 0 Å². The Balaban J connectivity index is 2.09. The lowest BCUT2D eigenvalue weighted by molar-refractivity contribution is 0.585. The molecule has 4 heteroatoms. The molecule has 3 aromatic rings. The second kappa shape index (κ2) is 7.33. The van der Waals surface area contributed by atoms with E-state index < -0.39 is 22.3 Å². The molecule has 0 nitrogen and oxygen atoms in total. The Kier molecular flexibility index (Phi) is 4.86. The van der Waals surface area contributed by atoms with E-state index in [1.807, 2.05) is 0 Å². The molecule has 0 saturated heterocycles. The minimum Gasteiger partial charge on any atom is -0.207 e. The van der Waals surface area contributed by atoms with E-state index in [1.165, 1.54) is 18.2 Å². The number of alkyl halides is 1. The molecule has 0 aromatic heterocycles. The predicted octanol–water partition coefficient (Wildman–Crippen LogP) is 7.11. The van der Waals surface area contributed by atoms with Gasteiger partial charge in [0.2, 0.25) is 0 Å². The van der Waals surface area contributed by atoms with Gasteiger partial charge in [0.05, 0.1) is 0 Å². The second-order valence-corrected chi connectivity index (χ2v) is 7.28. The van der Waals surface area contributed by atoms with E-state index in [9.17, 15) is 13.2 Å². The maximum atomic E-state index is 14.8. The van der Waals surface area contributed by atoms with Crippen LogP contribution in [0.1, 0.15) is 23.1 Å². The zero-order valence-corrected chi connectivity index (χ0v) is 15.6. The van der Waals surface area contributed by atoms with Crippen molar-refractivity contribution >= 4 is 22.7 Å². The first kappa shape index (κ1) is 18.6. The van der Waals surface area contributed by atoms with Gasteiger partial charge in [-0.3, -0.25) is 0 Å². The Morgan fingerprint density at radius 3 is 1.82 bits per heavy atom. The zero-order chi connectivity index (χ0) is 19.7. The van der Waals surface area contributed by atoms with Crippen LogP contribution in [0.3, 0.4) is 0 Å². The number of halogens is 4. The van der Waals surface area contributed by atoms with Gasteiger partial charge in [0.15, 0.2) is 0 Å². The molecule has 3 aromatic carbocycles. The van der Waals surface area contributed by atoms with Gasteiger partial charge in [-0.05, 0) is 35.8 Å². The largest absolute Gasteiger partial charge is 0.207 e. The van der Waals surface area contributed by atoms with Crippen molar-refractivity contribution in [1.29, 1.82) is 0 Å². The molecule has 0 N–H and O–H groups in total. The molecule has 1 unspecified atom stereocenters. The van der Waals surface area contributed by atoms with Crippen LogP contribution in [0.2, 0.25) is 0 Å². The van der Waals surface area contributed by atoms with E-state index in [0.717, 1.165) is 0 Å². The van der Waals surface area contributed by atoms with E-state index in [-0.39, 0.29) is 23.1 Å². The van der Waals surface area contributed by atoms with Crippen molar-refractivity contribution in [3.8, 4) is 0 Å². The van der Waals surface area contributed by atoms with Gasteiger partial charge in [0.25, 0.3) is 0 Å². The van der Waals surface area contributed by atoms with Gasteiger partial charge < -0.3 is 0 Å². The fraction of sp³-hybridized carbons (Fsp3) is 0.0833. The Hall–Kier alpha value is -2.78. The van der Waals surface area contributed by atoms with Crippen LogP contribution in [-0.4, -0.2) is 0 Å². The molecular weight excluding hydrogens is 381 g/mol. The number of hydrogen-bond donors (Lipinski definition) is 0. The van der Waals surface area contributed by atoms with Crippen LogP contribution in [0.15, 0.2) is 84.9 Å². The highest BCUT2D eigenvalue weighted by molar-refractivity contribution is 6.33. The Morgan fingerprint density at radius 2 is 1.21 bits per heavy atom. The van der Waals surface area contributed by atoms with Crippen molar-refractivity contribution in [2.45, 2.75) is 11.3 Å². The summed E-state index contributed by atoms with van der Waals surface area (Å²) in [6.07, 6.45) is 3.74. The van der Waals surface area contributed by atoms with Gasteiger partial charge in [-0.15, -0.1) is 11.6 Å². The zero-order valence-electron chi connectivity index (χ0n) is 14.8. The molecule has 0 radical (unpaired) electrons. The van der Waals surface area contributed by atoms with E-state index in [2.05, 4.69) is 0 Å².